The fourth-order valence-corrected chi connectivity index (χ4v) is 2.17. The predicted molar refractivity (Wildman–Crippen MR) is 81.4 cm³/mol. The SMILES string of the molecule is NN(C(=O)c1ccc2ccccc2c1)c1ccccc1. The van der Waals surface area contributed by atoms with E-state index < -0.39 is 0 Å². The second kappa shape index (κ2) is 5.15. The molecule has 20 heavy (non-hydrogen) atoms. The summed E-state index contributed by atoms with van der Waals surface area (Å²) in [5.74, 6) is 5.68. The molecule has 3 nitrogen and oxygen atoms in total. The Morgan fingerprint density at radius 1 is 0.800 bits per heavy atom. The summed E-state index contributed by atoms with van der Waals surface area (Å²) in [6, 6.07) is 22.7. The van der Waals surface area contributed by atoms with Crippen LogP contribution in [0.4, 0.5) is 5.69 Å². The number of carbonyl (C=O) groups is 1. The highest BCUT2D eigenvalue weighted by Gasteiger charge is 2.14. The van der Waals surface area contributed by atoms with Crippen molar-refractivity contribution in [1.82, 2.24) is 0 Å². The van der Waals surface area contributed by atoms with Crippen molar-refractivity contribution >= 4 is 22.4 Å². The molecule has 0 aliphatic rings. The Morgan fingerprint density at radius 3 is 2.20 bits per heavy atom. The Bertz CT molecular complexity index is 753. The molecule has 0 atom stereocenters. The third-order valence-corrected chi connectivity index (χ3v) is 3.25. The van der Waals surface area contributed by atoms with Gasteiger partial charge in [0.15, 0.2) is 0 Å². The zero-order valence-electron chi connectivity index (χ0n) is 10.9. The number of hydrogen-bond acceptors (Lipinski definition) is 2. The van der Waals surface area contributed by atoms with E-state index in [1.807, 2.05) is 54.6 Å². The van der Waals surface area contributed by atoms with Crippen molar-refractivity contribution in [3.63, 3.8) is 0 Å². The third-order valence-electron chi connectivity index (χ3n) is 3.25. The van der Waals surface area contributed by atoms with Gasteiger partial charge in [-0.05, 0) is 35.0 Å². The summed E-state index contributed by atoms with van der Waals surface area (Å²) < 4.78 is 0. The van der Waals surface area contributed by atoms with E-state index in [0.717, 1.165) is 10.8 Å². The van der Waals surface area contributed by atoms with Crippen LogP contribution >= 0.6 is 0 Å². The standard InChI is InChI=1S/C17H14N2O/c18-19(16-8-2-1-3-9-16)17(20)15-11-10-13-6-4-5-7-14(13)12-15/h1-12H,18H2. The maximum absolute atomic E-state index is 12.4. The number of hydrazine groups is 1. The maximum Gasteiger partial charge on any atom is 0.272 e. The summed E-state index contributed by atoms with van der Waals surface area (Å²) in [5, 5.41) is 3.30. The molecule has 0 spiro atoms. The minimum Gasteiger partial charge on any atom is -0.267 e. The highest BCUT2D eigenvalue weighted by molar-refractivity contribution is 6.07. The molecule has 0 aliphatic carbocycles. The highest BCUT2D eigenvalue weighted by atomic mass is 16.2. The van der Waals surface area contributed by atoms with E-state index >= 15 is 0 Å². The molecule has 2 N–H and O–H groups in total. The largest absolute Gasteiger partial charge is 0.272 e. The molecule has 3 aromatic carbocycles. The minimum absolute atomic E-state index is 0.220. The summed E-state index contributed by atoms with van der Waals surface area (Å²) in [5.41, 5.74) is 1.25. The lowest BCUT2D eigenvalue weighted by atomic mass is 10.1. The number of nitrogens with zero attached hydrogens (tertiary/aromatic N) is 1. The van der Waals surface area contributed by atoms with E-state index in [2.05, 4.69) is 0 Å². The molecule has 0 bridgehead atoms. The second-order valence-electron chi connectivity index (χ2n) is 4.57. The Morgan fingerprint density at radius 2 is 1.45 bits per heavy atom. The summed E-state index contributed by atoms with van der Waals surface area (Å²) in [6.07, 6.45) is 0. The van der Waals surface area contributed by atoms with Crippen molar-refractivity contribution in [2.24, 2.45) is 5.84 Å². The number of benzene rings is 3. The van der Waals surface area contributed by atoms with Crippen LogP contribution in [0, 0.1) is 0 Å². The number of nitrogens with two attached hydrogens (primary N) is 1. The van der Waals surface area contributed by atoms with Gasteiger partial charge in [-0.1, -0.05) is 48.5 Å². The predicted octanol–water partition coefficient (Wildman–Crippen LogP) is 3.36. The smallest absolute Gasteiger partial charge is 0.267 e. The van der Waals surface area contributed by atoms with Crippen LogP contribution in [0.15, 0.2) is 72.8 Å². The van der Waals surface area contributed by atoms with Crippen molar-refractivity contribution in [2.45, 2.75) is 0 Å². The topological polar surface area (TPSA) is 46.3 Å². The van der Waals surface area contributed by atoms with Crippen LogP contribution < -0.4 is 10.9 Å². The molecular weight excluding hydrogens is 248 g/mol. The van der Waals surface area contributed by atoms with Crippen LogP contribution in [0.2, 0.25) is 0 Å². The first-order valence-corrected chi connectivity index (χ1v) is 6.39. The van der Waals surface area contributed by atoms with E-state index in [1.165, 1.54) is 5.01 Å². The zero-order chi connectivity index (χ0) is 13.9. The van der Waals surface area contributed by atoms with Crippen LogP contribution in [0.25, 0.3) is 10.8 Å². The average molecular weight is 262 g/mol. The summed E-state index contributed by atoms with van der Waals surface area (Å²) in [4.78, 5) is 12.4. The van der Waals surface area contributed by atoms with Gasteiger partial charge in [0.2, 0.25) is 0 Å². The number of para-hydroxylation sites is 1. The van der Waals surface area contributed by atoms with Gasteiger partial charge in [-0.25, -0.2) is 10.9 Å². The van der Waals surface area contributed by atoms with E-state index in [-0.39, 0.29) is 5.91 Å². The lowest BCUT2D eigenvalue weighted by Gasteiger charge is -2.16. The Labute approximate surface area is 117 Å². The van der Waals surface area contributed by atoms with Crippen LogP contribution in [0.5, 0.6) is 0 Å². The van der Waals surface area contributed by atoms with E-state index in [4.69, 9.17) is 5.84 Å². The van der Waals surface area contributed by atoms with Gasteiger partial charge in [-0.3, -0.25) is 4.79 Å². The molecule has 0 fully saturated rings. The molecular formula is C17H14N2O. The average Bonchev–Trinajstić information content (AvgIpc) is 2.54. The van der Waals surface area contributed by atoms with Gasteiger partial charge in [0, 0.05) is 5.56 Å². The van der Waals surface area contributed by atoms with Crippen LogP contribution in [-0.2, 0) is 0 Å². The highest BCUT2D eigenvalue weighted by Crippen LogP contribution is 2.18. The van der Waals surface area contributed by atoms with Gasteiger partial charge < -0.3 is 0 Å². The van der Waals surface area contributed by atoms with Gasteiger partial charge in [0.05, 0.1) is 5.69 Å². The summed E-state index contributed by atoms with van der Waals surface area (Å²) in [6.45, 7) is 0. The van der Waals surface area contributed by atoms with E-state index in [0.29, 0.717) is 11.3 Å². The summed E-state index contributed by atoms with van der Waals surface area (Å²) in [7, 11) is 0. The number of anilines is 1. The third kappa shape index (κ3) is 2.27. The first-order chi connectivity index (χ1) is 9.75. The van der Waals surface area contributed by atoms with Gasteiger partial charge in [-0.2, -0.15) is 0 Å². The molecule has 0 aromatic heterocycles. The molecule has 3 heteroatoms. The molecule has 0 radical (unpaired) electrons. The van der Waals surface area contributed by atoms with E-state index in [9.17, 15) is 4.79 Å². The normalized spacial score (nSPS) is 10.4. The fourth-order valence-electron chi connectivity index (χ4n) is 2.17. The Kier molecular flexibility index (Phi) is 3.19. The molecule has 1 amide bonds. The Balaban J connectivity index is 1.96. The lowest BCUT2D eigenvalue weighted by Crippen LogP contribution is -2.37. The quantitative estimate of drug-likeness (QED) is 0.437. The molecule has 3 rings (SSSR count). The molecule has 0 saturated heterocycles. The first-order valence-electron chi connectivity index (χ1n) is 6.39. The van der Waals surface area contributed by atoms with Crippen molar-refractivity contribution in [3.8, 4) is 0 Å². The molecule has 0 unspecified atom stereocenters. The number of amides is 1. The van der Waals surface area contributed by atoms with Gasteiger partial charge in [0.25, 0.3) is 5.91 Å². The first kappa shape index (κ1) is 12.4. The van der Waals surface area contributed by atoms with Gasteiger partial charge in [0.1, 0.15) is 0 Å². The maximum atomic E-state index is 12.4. The molecule has 0 saturated carbocycles. The van der Waals surface area contributed by atoms with Crippen molar-refractivity contribution in [1.29, 1.82) is 0 Å². The monoisotopic (exact) mass is 262 g/mol. The lowest BCUT2D eigenvalue weighted by molar-refractivity contribution is 0.0987. The molecule has 3 aromatic rings. The Hall–Kier alpha value is -2.65. The molecule has 0 aliphatic heterocycles. The van der Waals surface area contributed by atoms with Gasteiger partial charge in [-0.15, -0.1) is 0 Å². The van der Waals surface area contributed by atoms with Crippen molar-refractivity contribution in [3.05, 3.63) is 78.4 Å². The zero-order valence-corrected chi connectivity index (χ0v) is 10.9. The van der Waals surface area contributed by atoms with Crippen molar-refractivity contribution < 1.29 is 4.79 Å². The minimum atomic E-state index is -0.220. The van der Waals surface area contributed by atoms with Crippen LogP contribution in [-0.4, -0.2) is 5.91 Å². The van der Waals surface area contributed by atoms with Crippen LogP contribution in [0.3, 0.4) is 0 Å². The van der Waals surface area contributed by atoms with Gasteiger partial charge >= 0.3 is 0 Å². The second-order valence-corrected chi connectivity index (χ2v) is 4.57. The van der Waals surface area contributed by atoms with Crippen LogP contribution in [0.1, 0.15) is 10.4 Å². The number of carbonyl (C=O) groups excluding carboxylic acids is 1. The number of fused-ring (bicyclic) bond motifs is 1. The summed E-state index contributed by atoms with van der Waals surface area (Å²) >= 11 is 0. The van der Waals surface area contributed by atoms with E-state index in [1.54, 1.807) is 18.2 Å². The number of rotatable bonds is 2. The van der Waals surface area contributed by atoms with Crippen molar-refractivity contribution in [2.75, 3.05) is 5.01 Å². The number of hydrogen-bond donors (Lipinski definition) is 1. The fraction of sp³-hybridized carbons (Fsp3) is 0. The molecule has 0 heterocycles. The molecule has 98 valence electrons.